The van der Waals surface area contributed by atoms with Crippen LogP contribution in [-0.4, -0.2) is 41.9 Å². The van der Waals surface area contributed by atoms with Crippen molar-refractivity contribution in [1.29, 1.82) is 0 Å². The highest BCUT2D eigenvalue weighted by molar-refractivity contribution is 7.51. The summed E-state index contributed by atoms with van der Waals surface area (Å²) in [5, 5.41) is 0. The Bertz CT molecular complexity index is 902. The molecule has 0 aliphatic heterocycles. The van der Waals surface area contributed by atoms with Crippen LogP contribution in [0.3, 0.4) is 0 Å². The van der Waals surface area contributed by atoms with Crippen LogP contribution < -0.4 is 9.79 Å². The number of hydrogen-bond donors (Lipinski definition) is 2. The monoisotopic (exact) mass is 833 g/mol. The average molecular weight is 833 g/mol. The molecular weight excluding hydrogens is 745 g/mol. The number of phosphoric ester groups is 1. The van der Waals surface area contributed by atoms with Gasteiger partial charge in [-0.05, 0) is 38.5 Å². The summed E-state index contributed by atoms with van der Waals surface area (Å²) in [6, 6.07) is 0. The van der Waals surface area contributed by atoms with Gasteiger partial charge in [-0.25, -0.2) is 0 Å². The first-order valence-electron chi connectivity index (χ1n) is 22.5. The van der Waals surface area contributed by atoms with Crippen LogP contribution in [0, 0.1) is 0 Å². The molecule has 0 rings (SSSR count). The molecule has 0 aliphatic rings. The minimum atomic E-state index is -4.26. The van der Waals surface area contributed by atoms with E-state index < -0.39 is 23.0 Å². The summed E-state index contributed by atoms with van der Waals surface area (Å²) in [5.41, 5.74) is 0. The highest BCUT2D eigenvalue weighted by Gasteiger charge is 2.12. The zero-order chi connectivity index (χ0) is 40.5. The van der Waals surface area contributed by atoms with Crippen LogP contribution in [0.5, 0.6) is 0 Å². The molecular formula is C41H87O10P3-2. The molecule has 0 spiro atoms. The van der Waals surface area contributed by atoms with E-state index in [1.54, 1.807) is 0 Å². The summed E-state index contributed by atoms with van der Waals surface area (Å²) in [6.07, 6.45) is 37.2. The van der Waals surface area contributed by atoms with Gasteiger partial charge < -0.3 is 37.7 Å². The highest BCUT2D eigenvalue weighted by Crippen LogP contribution is 2.40. The van der Waals surface area contributed by atoms with E-state index in [2.05, 4.69) is 20.8 Å². The Kier molecular flexibility index (Phi) is 43.5. The van der Waals surface area contributed by atoms with Crippen LogP contribution in [0.1, 0.15) is 233 Å². The van der Waals surface area contributed by atoms with Crippen molar-refractivity contribution in [2.75, 3.05) is 32.1 Å². The Morgan fingerprint density at radius 3 is 0.907 bits per heavy atom. The van der Waals surface area contributed by atoms with Gasteiger partial charge in [0.2, 0.25) is 0 Å². The molecule has 0 radical (unpaired) electrons. The first-order valence-corrected chi connectivity index (χ1v) is 27.5. The summed E-state index contributed by atoms with van der Waals surface area (Å²) < 4.78 is 49.4. The van der Waals surface area contributed by atoms with Crippen molar-refractivity contribution >= 4 is 23.0 Å². The summed E-state index contributed by atoms with van der Waals surface area (Å²) in [7, 11) is -11.8. The van der Waals surface area contributed by atoms with Crippen molar-refractivity contribution in [3.63, 3.8) is 0 Å². The third-order valence-electron chi connectivity index (χ3n) is 9.66. The van der Waals surface area contributed by atoms with E-state index in [4.69, 9.17) is 23.4 Å². The lowest BCUT2D eigenvalue weighted by Gasteiger charge is -2.23. The average Bonchev–Trinajstić information content (AvgIpc) is 3.11. The molecule has 0 aromatic rings. The predicted octanol–water partition coefficient (Wildman–Crippen LogP) is 13.2. The van der Waals surface area contributed by atoms with E-state index in [9.17, 15) is 23.5 Å². The van der Waals surface area contributed by atoms with Gasteiger partial charge in [0.05, 0.1) is 19.8 Å². The molecule has 2 unspecified atom stereocenters. The number of rotatable bonds is 42. The zero-order valence-electron chi connectivity index (χ0n) is 35.4. The number of hydrogen-bond acceptors (Lipinski definition) is 8. The van der Waals surface area contributed by atoms with Gasteiger partial charge in [-0.1, -0.05) is 194 Å². The molecule has 0 aliphatic carbocycles. The van der Waals surface area contributed by atoms with Crippen LogP contribution >= 0.6 is 23.0 Å². The second-order valence-corrected chi connectivity index (χ2v) is 20.4. The maximum absolute atomic E-state index is 12.0. The predicted molar refractivity (Wildman–Crippen MR) is 224 cm³/mol. The Balaban J connectivity index is 0. The Hall–Kier alpha value is 0.410. The molecule has 2 atom stereocenters. The fraction of sp³-hybridized carbons (Fsp3) is 1.00. The first-order chi connectivity index (χ1) is 25.9. The molecule has 2 N–H and O–H groups in total. The molecule has 54 heavy (non-hydrogen) atoms. The second kappa shape index (κ2) is 41.6. The van der Waals surface area contributed by atoms with Gasteiger partial charge in [-0.15, -0.1) is 0 Å². The number of phosphoric acid groups is 1. The lowest BCUT2D eigenvalue weighted by atomic mass is 10.1. The van der Waals surface area contributed by atoms with Gasteiger partial charge in [0.25, 0.3) is 7.82 Å². The van der Waals surface area contributed by atoms with Gasteiger partial charge >= 0.3 is 7.60 Å². The highest BCUT2D eigenvalue weighted by atomic mass is 31.2. The second-order valence-electron chi connectivity index (χ2n) is 15.3. The van der Waals surface area contributed by atoms with Crippen LogP contribution in [-0.2, 0) is 27.3 Å². The Morgan fingerprint density at radius 1 is 0.352 bits per heavy atom. The summed E-state index contributed by atoms with van der Waals surface area (Å²) >= 11 is 0. The topological polar surface area (TPSA) is 165 Å². The third-order valence-corrected chi connectivity index (χ3v) is 13.0. The van der Waals surface area contributed by atoms with Gasteiger partial charge in [0.1, 0.15) is 7.60 Å². The van der Waals surface area contributed by atoms with E-state index in [1.807, 2.05) is 0 Å². The maximum atomic E-state index is 12.0. The normalized spacial score (nSPS) is 14.1. The molecule has 0 amide bonds. The van der Waals surface area contributed by atoms with Crippen molar-refractivity contribution in [2.45, 2.75) is 233 Å². The minimum Gasteiger partial charge on any atom is -0.778 e. The molecule has 10 nitrogen and oxygen atoms in total. The molecule has 0 bridgehead atoms. The van der Waals surface area contributed by atoms with E-state index in [1.165, 1.54) is 135 Å². The SMILES string of the molecule is CCCCCCCCCCCCOP(=O)([O-])OCCCCCOP(=O)([O-])CCCCCCCCCCCC.CCCCCCCCCCCCP(=O)(O)O. The third kappa shape index (κ3) is 50.4. The summed E-state index contributed by atoms with van der Waals surface area (Å²) in [4.78, 5) is 41.2. The van der Waals surface area contributed by atoms with Gasteiger partial charge in [-0.2, -0.15) is 0 Å². The van der Waals surface area contributed by atoms with Crippen LogP contribution in [0.25, 0.3) is 0 Å². The number of unbranched alkanes of at least 4 members (excludes halogenated alkanes) is 29. The van der Waals surface area contributed by atoms with Crippen LogP contribution in [0.2, 0.25) is 0 Å². The lowest BCUT2D eigenvalue weighted by Crippen LogP contribution is -2.11. The van der Waals surface area contributed by atoms with E-state index >= 15 is 0 Å². The van der Waals surface area contributed by atoms with Crippen LogP contribution in [0.4, 0.5) is 0 Å². The van der Waals surface area contributed by atoms with Gasteiger partial charge in [0.15, 0.2) is 0 Å². The van der Waals surface area contributed by atoms with Crippen molar-refractivity contribution in [3.8, 4) is 0 Å². The minimum absolute atomic E-state index is 0.0481. The Morgan fingerprint density at radius 2 is 0.593 bits per heavy atom. The molecule has 0 aromatic heterocycles. The fourth-order valence-electron chi connectivity index (χ4n) is 6.23. The van der Waals surface area contributed by atoms with Crippen molar-refractivity contribution in [2.24, 2.45) is 0 Å². The fourth-order valence-corrected chi connectivity index (χ4v) is 8.79. The van der Waals surface area contributed by atoms with Crippen LogP contribution in [0.15, 0.2) is 0 Å². The van der Waals surface area contributed by atoms with Crippen molar-refractivity contribution in [3.05, 3.63) is 0 Å². The summed E-state index contributed by atoms with van der Waals surface area (Å²) in [5.74, 6) is 0. The quantitative estimate of drug-likeness (QED) is 0.0446. The standard InChI is InChI=1S/C29H62O7P2.C12H27O3P/c1-3-5-7-9-11-13-15-17-19-22-27-35-38(32,33)36-28-24-21-23-26-34-37(30,31)29-25-20-18-16-14-12-10-8-6-4-2;1-2-3-4-5-6-7-8-9-10-11-12-16(13,14)15/h3-29H2,1-2H3,(H,30,31)(H,32,33);2-12H2,1H3,(H2,13,14,15)/p-2. The van der Waals surface area contributed by atoms with Gasteiger partial charge in [-0.3, -0.25) is 9.13 Å². The Labute approximate surface area is 333 Å². The summed E-state index contributed by atoms with van der Waals surface area (Å²) in [6.45, 7) is 7.03. The van der Waals surface area contributed by atoms with Crippen molar-refractivity contribution < 1.29 is 46.8 Å². The first kappa shape index (κ1) is 56.5. The molecule has 0 saturated heterocycles. The largest absolute Gasteiger partial charge is 0.778 e. The van der Waals surface area contributed by atoms with Crippen molar-refractivity contribution in [1.82, 2.24) is 0 Å². The zero-order valence-corrected chi connectivity index (χ0v) is 38.1. The van der Waals surface area contributed by atoms with E-state index in [-0.39, 0.29) is 32.1 Å². The molecule has 0 fully saturated rings. The molecule has 328 valence electrons. The smallest absolute Gasteiger partial charge is 0.325 e. The van der Waals surface area contributed by atoms with E-state index in [0.717, 1.165) is 44.9 Å². The molecule has 0 saturated carbocycles. The van der Waals surface area contributed by atoms with Gasteiger partial charge in [0, 0.05) is 12.3 Å². The maximum Gasteiger partial charge on any atom is 0.325 e. The van der Waals surface area contributed by atoms with E-state index in [0.29, 0.717) is 32.1 Å². The molecule has 13 heteroatoms. The lowest BCUT2D eigenvalue weighted by molar-refractivity contribution is -0.225. The molecule has 0 aromatic carbocycles. The molecule has 0 heterocycles.